The first-order valence-electron chi connectivity index (χ1n) is 30.8. The van der Waals surface area contributed by atoms with E-state index in [1.165, 1.54) is 146 Å². The van der Waals surface area contributed by atoms with Crippen molar-refractivity contribution in [2.75, 3.05) is 34.0 Å². The summed E-state index contributed by atoms with van der Waals surface area (Å²) in [7, 11) is 2.09. The second kappa shape index (κ2) is 38.9. The summed E-state index contributed by atoms with van der Waals surface area (Å²) in [6, 6.07) is 52.7. The second-order valence-electron chi connectivity index (χ2n) is 21.5. The number of carbonyl (C=O) groups excluding carboxylic acids is 9. The van der Waals surface area contributed by atoms with Gasteiger partial charge in [-0.25, -0.2) is 33.6 Å². The van der Waals surface area contributed by atoms with Crippen molar-refractivity contribution in [3.05, 3.63) is 251 Å². The number of aliphatic hydroxyl groups is 3. The van der Waals surface area contributed by atoms with Crippen LogP contribution in [0.25, 0.3) is 0 Å². The number of carbonyl (C=O) groups is 9. The van der Waals surface area contributed by atoms with Gasteiger partial charge in [-0.05, 0) is 84.9 Å². The number of ether oxygens (including phenoxy) is 13. The van der Waals surface area contributed by atoms with E-state index in [-0.39, 0.29) is 38.9 Å². The number of hydrogen-bond donors (Lipinski definition) is 3. The molecule has 25 heteroatoms. The lowest BCUT2D eigenvalue weighted by molar-refractivity contribution is -0.278. The molecule has 0 aliphatic carbocycles. The molecule has 0 amide bonds. The summed E-state index contributed by atoms with van der Waals surface area (Å²) in [4.78, 5) is 124. The summed E-state index contributed by atoms with van der Waals surface area (Å²) in [5.41, 5.74) is -0.0125. The van der Waals surface area contributed by atoms with E-state index in [2.05, 4.69) is 0 Å². The monoisotopic (exact) mass is 1350 g/mol. The van der Waals surface area contributed by atoms with Crippen molar-refractivity contribution < 1.29 is 120 Å². The molecule has 7 aromatic carbocycles. The van der Waals surface area contributed by atoms with Gasteiger partial charge < -0.3 is 76.9 Å². The lowest BCUT2D eigenvalue weighted by Gasteiger charge is -2.39. The fourth-order valence-electron chi connectivity index (χ4n) is 9.77. The number of esters is 9. The smallest absolute Gasteiger partial charge is 0.338 e. The van der Waals surface area contributed by atoms with Crippen molar-refractivity contribution in [1.82, 2.24) is 0 Å². The molecule has 0 spiro atoms. The van der Waals surface area contributed by atoms with E-state index in [0.29, 0.717) is 0 Å². The van der Waals surface area contributed by atoms with Crippen LogP contribution in [-0.2, 0) is 71.2 Å². The van der Waals surface area contributed by atoms with Crippen molar-refractivity contribution in [2.45, 2.75) is 107 Å². The molecule has 0 radical (unpaired) electrons. The Bertz CT molecular complexity index is 3640. The second-order valence-corrected chi connectivity index (χ2v) is 21.5. The Morgan fingerprint density at radius 1 is 0.306 bits per heavy atom. The maximum atomic E-state index is 14.5. The number of methoxy groups -OCH3 is 2. The molecule has 3 N–H and O–H groups in total. The Hall–Kier alpha value is -10.5. The topological polar surface area (TPSA) is 334 Å². The Morgan fingerprint density at radius 3 is 0.980 bits per heavy atom. The van der Waals surface area contributed by atoms with E-state index in [1.54, 1.807) is 66.7 Å². The van der Waals surface area contributed by atoms with Crippen molar-refractivity contribution in [3.8, 4) is 0 Å². The van der Waals surface area contributed by atoms with E-state index < -0.39 is 167 Å². The van der Waals surface area contributed by atoms with E-state index >= 15 is 0 Å². The molecular weight excluding hydrogens is 1280 g/mol. The molecule has 0 aromatic heterocycles. The zero-order chi connectivity index (χ0) is 70.3. The average molecular weight is 1350 g/mol. The van der Waals surface area contributed by atoms with Crippen molar-refractivity contribution >= 4 is 53.7 Å². The molecule has 0 heterocycles. The molecule has 0 saturated heterocycles. The highest BCUT2D eigenvalue weighted by atomic mass is 16.7. The van der Waals surface area contributed by atoms with Crippen LogP contribution in [-0.4, -0.2) is 177 Å². The van der Waals surface area contributed by atoms with Crippen molar-refractivity contribution in [1.29, 1.82) is 0 Å². The summed E-state index contributed by atoms with van der Waals surface area (Å²) in [6.07, 6.45) is -26.9. The Balaban J connectivity index is 1.30. The minimum absolute atomic E-state index is 0.00734. The first-order valence-corrected chi connectivity index (χ1v) is 30.8. The average Bonchev–Trinajstić information content (AvgIpc) is 0.814. The molecule has 0 bridgehead atoms. The highest BCUT2D eigenvalue weighted by Crippen LogP contribution is 2.30. The summed E-state index contributed by atoms with van der Waals surface area (Å²) in [5, 5.41) is 36.6. The molecule has 0 saturated carbocycles. The van der Waals surface area contributed by atoms with E-state index in [4.69, 9.17) is 61.6 Å². The van der Waals surface area contributed by atoms with Crippen molar-refractivity contribution in [3.63, 3.8) is 0 Å². The molecule has 12 atom stereocenters. The van der Waals surface area contributed by atoms with Gasteiger partial charge in [0.05, 0.1) is 64.9 Å². The van der Waals surface area contributed by atoms with Crippen LogP contribution in [0.2, 0.25) is 0 Å². The zero-order valence-electron chi connectivity index (χ0n) is 53.7. The summed E-state index contributed by atoms with van der Waals surface area (Å²) in [6.45, 7) is 0.0998. The van der Waals surface area contributed by atoms with Gasteiger partial charge in [-0.15, -0.1) is 0 Å². The third-order valence-electron chi connectivity index (χ3n) is 14.6. The van der Waals surface area contributed by atoms with Crippen LogP contribution in [0.15, 0.2) is 212 Å². The fraction of sp³-hybridized carbons (Fsp3) is 0.301. The fourth-order valence-corrected chi connectivity index (χ4v) is 9.77. The van der Waals surface area contributed by atoms with Gasteiger partial charge >= 0.3 is 53.7 Å². The number of hydrogen-bond acceptors (Lipinski definition) is 25. The maximum absolute atomic E-state index is 14.5. The van der Waals surface area contributed by atoms with E-state index in [0.717, 1.165) is 28.1 Å². The van der Waals surface area contributed by atoms with Crippen LogP contribution >= 0.6 is 0 Å². The minimum Gasteiger partial charge on any atom is -0.462 e. The van der Waals surface area contributed by atoms with Gasteiger partial charge in [-0.2, -0.15) is 0 Å². The molecule has 0 fully saturated rings. The van der Waals surface area contributed by atoms with Crippen LogP contribution in [0.5, 0.6) is 0 Å². The SMILES string of the molecule is COC(O)C(OC(C)=O)C(OC(O)C(OC(=O)c1ccccc1)C(OC(=O)c1ccccc1)C(CCOC(=O)c1ccccc1)OC(=O)c1ccccc1)C(CCOC(OC)C(OC(=O)c1ccccc1)C(OC(=O)c1ccccc1)C(O)CCOC(=O)c1ccccc1)OC(C)=O. The molecular formula is C73H74O25. The minimum atomic E-state index is -2.73. The molecule has 516 valence electrons. The largest absolute Gasteiger partial charge is 0.462 e. The lowest BCUT2D eigenvalue weighted by atomic mass is 10.0. The number of rotatable bonds is 37. The van der Waals surface area contributed by atoms with Crippen LogP contribution < -0.4 is 0 Å². The van der Waals surface area contributed by atoms with Gasteiger partial charge in [-0.3, -0.25) is 9.59 Å². The van der Waals surface area contributed by atoms with Crippen LogP contribution in [0.3, 0.4) is 0 Å². The predicted molar refractivity (Wildman–Crippen MR) is 343 cm³/mol. The van der Waals surface area contributed by atoms with Crippen molar-refractivity contribution in [2.24, 2.45) is 0 Å². The highest BCUT2D eigenvalue weighted by molar-refractivity contribution is 5.93. The van der Waals surface area contributed by atoms with Gasteiger partial charge in [-0.1, -0.05) is 127 Å². The third kappa shape index (κ3) is 22.8. The highest BCUT2D eigenvalue weighted by Gasteiger charge is 2.49. The molecule has 25 nitrogen and oxygen atoms in total. The number of benzene rings is 7. The van der Waals surface area contributed by atoms with Crippen LogP contribution in [0.1, 0.15) is 106 Å². The van der Waals surface area contributed by atoms with E-state index in [9.17, 15) is 58.5 Å². The molecule has 98 heavy (non-hydrogen) atoms. The lowest BCUT2D eigenvalue weighted by Crippen LogP contribution is -2.57. The van der Waals surface area contributed by atoms with Gasteiger partial charge in [0.2, 0.25) is 0 Å². The van der Waals surface area contributed by atoms with E-state index in [1.807, 2.05) is 0 Å². The van der Waals surface area contributed by atoms with Crippen LogP contribution in [0, 0.1) is 0 Å². The Morgan fingerprint density at radius 2 is 0.612 bits per heavy atom. The van der Waals surface area contributed by atoms with Gasteiger partial charge in [0.1, 0.15) is 18.3 Å². The standard InChI is InChI=1S/C73H74O25/c1-46(74)91-56(42-45-90-73(87-4)63(98-70(83)54-38-24-11-25-39-54)58(94-67(80)51-32-18-8-19-33-51)55(76)40-43-88-64(77)48-26-12-5-13-27-48)59(61(71(84)86-3)92-47(2)75)96-72(85)62(97-69(82)53-36-22-10-23-37-53)60(95-68(81)52-34-20-9-21-35-52)57(93-66(79)50-30-16-7-17-31-50)41-44-89-65(78)49-28-14-6-15-29-49/h5-39,55-63,71-73,76,84-85H,40-45H2,1-4H3. The molecule has 0 aliphatic heterocycles. The quantitative estimate of drug-likeness (QED) is 0.0189. The van der Waals surface area contributed by atoms with Gasteiger partial charge in [0, 0.05) is 47.3 Å². The first-order chi connectivity index (χ1) is 47.3. The third-order valence-corrected chi connectivity index (χ3v) is 14.6. The van der Waals surface area contributed by atoms with Gasteiger partial charge in [0.15, 0.2) is 49.4 Å². The van der Waals surface area contributed by atoms with Gasteiger partial charge in [0.25, 0.3) is 0 Å². The van der Waals surface area contributed by atoms with Crippen LogP contribution in [0.4, 0.5) is 0 Å². The summed E-state index contributed by atoms with van der Waals surface area (Å²) in [5.74, 6) is -9.24. The Labute approximate surface area is 563 Å². The zero-order valence-corrected chi connectivity index (χ0v) is 53.7. The number of aliphatic hydroxyl groups excluding tert-OH is 3. The Kier molecular flexibility index (Phi) is 29.7. The molecule has 0 aliphatic rings. The summed E-state index contributed by atoms with van der Waals surface area (Å²) >= 11 is 0. The molecule has 7 aromatic rings. The molecule has 12 unspecified atom stereocenters. The predicted octanol–water partition coefficient (Wildman–Crippen LogP) is 7.88. The molecule has 7 rings (SSSR count). The first kappa shape index (κ1) is 74.9. The normalized spacial score (nSPS) is 14.8. The summed E-state index contributed by atoms with van der Waals surface area (Å²) < 4.78 is 76.5. The maximum Gasteiger partial charge on any atom is 0.338 e.